The van der Waals surface area contributed by atoms with Crippen LogP contribution in [-0.4, -0.2) is 54.7 Å². The quantitative estimate of drug-likeness (QED) is 0.918. The van der Waals surface area contributed by atoms with Gasteiger partial charge in [0.15, 0.2) is 0 Å². The maximum absolute atomic E-state index is 12.5. The second-order valence-electron chi connectivity index (χ2n) is 5.86. The molecule has 0 aromatic heterocycles. The van der Waals surface area contributed by atoms with Gasteiger partial charge in [-0.05, 0) is 31.0 Å². The van der Waals surface area contributed by atoms with Gasteiger partial charge in [-0.15, -0.1) is 0 Å². The Morgan fingerprint density at radius 1 is 1.32 bits per heavy atom. The molecule has 1 amide bonds. The molecule has 2 heterocycles. The molecule has 22 heavy (non-hydrogen) atoms. The van der Waals surface area contributed by atoms with Crippen molar-refractivity contribution in [1.82, 2.24) is 4.90 Å². The van der Waals surface area contributed by atoms with Crippen LogP contribution in [-0.2, 0) is 4.79 Å². The molecule has 6 nitrogen and oxygen atoms in total. The molecule has 6 heteroatoms. The number of ether oxygens (including phenoxy) is 1. The Kier molecular flexibility index (Phi) is 3.92. The maximum Gasteiger partial charge on any atom is 0.305 e. The van der Waals surface area contributed by atoms with E-state index in [9.17, 15) is 9.59 Å². The summed E-state index contributed by atoms with van der Waals surface area (Å²) in [5.74, 6) is -0.121. The van der Waals surface area contributed by atoms with Crippen LogP contribution in [0.25, 0.3) is 0 Å². The lowest BCUT2D eigenvalue weighted by atomic mass is 10.1. The summed E-state index contributed by atoms with van der Waals surface area (Å²) in [5, 5.41) is 8.97. The number of carboxylic acids is 1. The third-order valence-electron chi connectivity index (χ3n) is 4.37. The summed E-state index contributed by atoms with van der Waals surface area (Å²) in [6, 6.07) is 5.17. The molecule has 118 valence electrons. The van der Waals surface area contributed by atoms with E-state index in [1.54, 1.807) is 12.1 Å². The lowest BCUT2D eigenvalue weighted by Crippen LogP contribution is -2.42. The number of carboxylic acid groups (broad SMARTS) is 1. The van der Waals surface area contributed by atoms with Crippen LogP contribution in [0.4, 0.5) is 5.69 Å². The number of benzene rings is 1. The van der Waals surface area contributed by atoms with Gasteiger partial charge in [0.05, 0.1) is 18.2 Å². The highest BCUT2D eigenvalue weighted by Gasteiger charge is 2.28. The summed E-state index contributed by atoms with van der Waals surface area (Å²) in [6.45, 7) is 1.96. The Labute approximate surface area is 129 Å². The summed E-state index contributed by atoms with van der Waals surface area (Å²) in [5.41, 5.74) is 1.41. The number of carbonyl (C=O) groups is 2. The lowest BCUT2D eigenvalue weighted by Gasteiger charge is -2.35. The highest BCUT2D eigenvalue weighted by atomic mass is 16.5. The first-order valence-corrected chi connectivity index (χ1v) is 7.57. The van der Waals surface area contributed by atoms with Crippen molar-refractivity contribution in [2.24, 2.45) is 0 Å². The van der Waals surface area contributed by atoms with Crippen LogP contribution in [0.3, 0.4) is 0 Å². The van der Waals surface area contributed by atoms with E-state index in [2.05, 4.69) is 0 Å². The smallest absolute Gasteiger partial charge is 0.305 e. The van der Waals surface area contributed by atoms with Crippen molar-refractivity contribution in [3.8, 4) is 5.75 Å². The summed E-state index contributed by atoms with van der Waals surface area (Å²) < 4.78 is 5.64. The topological polar surface area (TPSA) is 70.1 Å². The van der Waals surface area contributed by atoms with Crippen LogP contribution >= 0.6 is 0 Å². The molecule has 1 N–H and O–H groups in total. The van der Waals surface area contributed by atoms with Crippen molar-refractivity contribution >= 4 is 17.6 Å². The second kappa shape index (κ2) is 5.87. The summed E-state index contributed by atoms with van der Waals surface area (Å²) in [7, 11) is 1.85. The summed E-state index contributed by atoms with van der Waals surface area (Å²) in [6.07, 6.45) is 2.13. The molecule has 0 aliphatic carbocycles. The molecule has 0 radical (unpaired) electrons. The van der Waals surface area contributed by atoms with Gasteiger partial charge in [0.1, 0.15) is 12.4 Å². The molecule has 1 saturated heterocycles. The third-order valence-corrected chi connectivity index (χ3v) is 4.37. The Morgan fingerprint density at radius 2 is 2.05 bits per heavy atom. The van der Waals surface area contributed by atoms with Crippen molar-refractivity contribution < 1.29 is 19.4 Å². The number of nitrogens with zero attached hydrogens (tertiary/aromatic N) is 2. The molecule has 2 aliphatic rings. The number of likely N-dealkylation sites (N-methyl/N-ethyl adjacent to an activating group) is 1. The van der Waals surface area contributed by atoms with E-state index < -0.39 is 5.97 Å². The molecule has 1 fully saturated rings. The van der Waals surface area contributed by atoms with Crippen LogP contribution in [0, 0.1) is 0 Å². The Balaban J connectivity index is 1.84. The highest BCUT2D eigenvalue weighted by Crippen LogP contribution is 2.35. The van der Waals surface area contributed by atoms with Crippen molar-refractivity contribution in [1.29, 1.82) is 0 Å². The van der Waals surface area contributed by atoms with Gasteiger partial charge in [-0.25, -0.2) is 0 Å². The Morgan fingerprint density at radius 3 is 2.73 bits per heavy atom. The van der Waals surface area contributed by atoms with E-state index in [1.807, 2.05) is 22.9 Å². The fourth-order valence-electron chi connectivity index (χ4n) is 3.04. The van der Waals surface area contributed by atoms with Gasteiger partial charge in [0.2, 0.25) is 0 Å². The number of likely N-dealkylation sites (tertiary alicyclic amines) is 1. The first-order valence-electron chi connectivity index (χ1n) is 7.57. The molecular formula is C16H20N2O4. The molecule has 1 aromatic carbocycles. The van der Waals surface area contributed by atoms with Gasteiger partial charge in [-0.3, -0.25) is 9.59 Å². The number of rotatable bonds is 3. The van der Waals surface area contributed by atoms with Gasteiger partial charge < -0.3 is 19.6 Å². The second-order valence-corrected chi connectivity index (χ2v) is 5.86. The largest absolute Gasteiger partial charge is 0.489 e. The maximum atomic E-state index is 12.5. The number of amides is 1. The summed E-state index contributed by atoms with van der Waals surface area (Å²) in [4.78, 5) is 27.2. The molecule has 1 unspecified atom stereocenters. The van der Waals surface area contributed by atoms with E-state index in [0.29, 0.717) is 17.9 Å². The van der Waals surface area contributed by atoms with Gasteiger partial charge in [-0.1, -0.05) is 0 Å². The first-order chi connectivity index (χ1) is 10.6. The minimum absolute atomic E-state index is 0.0141. The number of aliphatic carboxylic acids is 1. The minimum Gasteiger partial charge on any atom is -0.489 e. The number of anilines is 1. The van der Waals surface area contributed by atoms with Gasteiger partial charge in [0.25, 0.3) is 5.91 Å². The highest BCUT2D eigenvalue weighted by molar-refractivity contribution is 5.96. The predicted octanol–water partition coefficient (Wildman–Crippen LogP) is 1.59. The molecule has 0 spiro atoms. The average Bonchev–Trinajstić information content (AvgIpc) is 3.03. The fourth-order valence-corrected chi connectivity index (χ4v) is 3.04. The van der Waals surface area contributed by atoms with E-state index in [0.717, 1.165) is 31.6 Å². The van der Waals surface area contributed by atoms with Crippen molar-refractivity contribution in [2.75, 3.05) is 31.6 Å². The molecule has 2 aliphatic heterocycles. The van der Waals surface area contributed by atoms with Gasteiger partial charge in [-0.2, -0.15) is 0 Å². The number of hydrogen-bond donors (Lipinski definition) is 1. The third kappa shape index (κ3) is 2.73. The molecule has 1 atom stereocenters. The van der Waals surface area contributed by atoms with Gasteiger partial charge >= 0.3 is 5.97 Å². The first kappa shape index (κ1) is 14.7. The minimum atomic E-state index is -0.854. The number of fused-ring (bicyclic) bond motifs is 1. The molecule has 1 aromatic rings. The predicted molar refractivity (Wildman–Crippen MR) is 81.5 cm³/mol. The fraction of sp³-hybridized carbons (Fsp3) is 0.500. The monoisotopic (exact) mass is 304 g/mol. The van der Waals surface area contributed by atoms with Crippen LogP contribution in [0.15, 0.2) is 18.2 Å². The van der Waals surface area contributed by atoms with E-state index in [1.165, 1.54) is 0 Å². The van der Waals surface area contributed by atoms with E-state index in [-0.39, 0.29) is 18.4 Å². The number of carbonyl (C=O) groups excluding carboxylic acids is 1. The average molecular weight is 304 g/mol. The SMILES string of the molecule is CN1c2cc(C(=O)N3CCCC3)ccc2OCC1CC(=O)O. The van der Waals surface area contributed by atoms with Gasteiger partial charge in [0, 0.05) is 25.7 Å². The molecule has 3 rings (SSSR count). The van der Waals surface area contributed by atoms with Crippen LogP contribution in [0.1, 0.15) is 29.6 Å². The summed E-state index contributed by atoms with van der Waals surface area (Å²) >= 11 is 0. The lowest BCUT2D eigenvalue weighted by molar-refractivity contribution is -0.137. The van der Waals surface area contributed by atoms with Crippen molar-refractivity contribution in [3.63, 3.8) is 0 Å². The van der Waals surface area contributed by atoms with Crippen molar-refractivity contribution in [3.05, 3.63) is 23.8 Å². The zero-order valence-corrected chi connectivity index (χ0v) is 12.6. The number of hydrogen-bond acceptors (Lipinski definition) is 4. The van der Waals surface area contributed by atoms with Crippen LogP contribution in [0.2, 0.25) is 0 Å². The zero-order chi connectivity index (χ0) is 15.7. The Bertz CT molecular complexity index is 596. The standard InChI is InChI=1S/C16H20N2O4/c1-17-12(9-15(19)20)10-22-14-5-4-11(8-13(14)17)16(21)18-6-2-3-7-18/h4-5,8,12H,2-3,6-7,9-10H2,1H3,(H,19,20). The normalized spacial score (nSPS) is 20.5. The van der Waals surface area contributed by atoms with E-state index >= 15 is 0 Å². The molecule has 0 saturated carbocycles. The van der Waals surface area contributed by atoms with Crippen LogP contribution < -0.4 is 9.64 Å². The van der Waals surface area contributed by atoms with Crippen molar-refractivity contribution in [2.45, 2.75) is 25.3 Å². The van der Waals surface area contributed by atoms with Crippen LogP contribution in [0.5, 0.6) is 5.75 Å². The molecule has 0 bridgehead atoms. The Hall–Kier alpha value is -2.24. The van der Waals surface area contributed by atoms with E-state index in [4.69, 9.17) is 9.84 Å². The zero-order valence-electron chi connectivity index (χ0n) is 12.6. The molecular weight excluding hydrogens is 284 g/mol.